The predicted molar refractivity (Wildman–Crippen MR) is 80.5 cm³/mol. The van der Waals surface area contributed by atoms with Gasteiger partial charge in [0, 0.05) is 25.6 Å². The molecule has 1 aliphatic heterocycles. The fourth-order valence-corrected chi connectivity index (χ4v) is 2.47. The molecule has 5 heteroatoms. The van der Waals surface area contributed by atoms with E-state index in [1.54, 1.807) is 0 Å². The fraction of sp³-hybridized carbons (Fsp3) is 0.929. The third-order valence-corrected chi connectivity index (χ3v) is 3.79. The van der Waals surface area contributed by atoms with Crippen molar-refractivity contribution in [3.05, 3.63) is 0 Å². The van der Waals surface area contributed by atoms with Gasteiger partial charge in [-0.3, -0.25) is 4.79 Å². The minimum atomic E-state index is 0. The van der Waals surface area contributed by atoms with Gasteiger partial charge in [0.15, 0.2) is 0 Å². The monoisotopic (exact) mass is 292 g/mol. The third kappa shape index (κ3) is 6.11. The number of amides is 1. The number of carbonyl (C=O) groups excluding carboxylic acids is 1. The molecule has 0 aromatic carbocycles. The number of carbonyl (C=O) groups is 1. The number of piperidine rings is 1. The van der Waals surface area contributed by atoms with Gasteiger partial charge in [-0.05, 0) is 38.6 Å². The smallest absolute Gasteiger partial charge is 0.225 e. The highest BCUT2D eigenvalue weighted by atomic mass is 35.5. The van der Waals surface area contributed by atoms with Gasteiger partial charge < -0.3 is 15.4 Å². The molecule has 0 atom stereocenters. The van der Waals surface area contributed by atoms with Crippen LogP contribution in [0.5, 0.6) is 0 Å². The quantitative estimate of drug-likeness (QED) is 0.732. The van der Waals surface area contributed by atoms with E-state index < -0.39 is 0 Å². The van der Waals surface area contributed by atoms with Crippen molar-refractivity contribution < 1.29 is 9.53 Å². The number of rotatable bonds is 7. The molecule has 1 aliphatic rings. The molecule has 1 saturated heterocycles. The topological polar surface area (TPSA) is 55.6 Å². The summed E-state index contributed by atoms with van der Waals surface area (Å²) in [6.07, 6.45) is 5.08. The summed E-state index contributed by atoms with van der Waals surface area (Å²) in [6, 6.07) is 0. The minimum absolute atomic E-state index is 0. The zero-order chi connectivity index (χ0) is 13.4. The molecule has 0 aromatic heterocycles. The number of hydrogen-bond donors (Lipinski definition) is 1. The van der Waals surface area contributed by atoms with E-state index >= 15 is 0 Å². The number of halogens is 1. The molecule has 0 radical (unpaired) electrons. The second kappa shape index (κ2) is 10.5. The van der Waals surface area contributed by atoms with Crippen molar-refractivity contribution in [2.24, 2.45) is 11.7 Å². The molecule has 0 unspecified atom stereocenters. The second-order valence-electron chi connectivity index (χ2n) is 5.05. The fourth-order valence-electron chi connectivity index (χ4n) is 2.47. The van der Waals surface area contributed by atoms with Crippen LogP contribution in [-0.4, -0.2) is 43.2 Å². The van der Waals surface area contributed by atoms with Gasteiger partial charge >= 0.3 is 0 Å². The number of nitrogens with two attached hydrogens (primary N) is 1. The van der Waals surface area contributed by atoms with Crippen molar-refractivity contribution in [2.45, 2.75) is 52.1 Å². The van der Waals surface area contributed by atoms with Gasteiger partial charge in [-0.2, -0.15) is 0 Å². The Labute approximate surface area is 123 Å². The van der Waals surface area contributed by atoms with E-state index in [1.165, 1.54) is 0 Å². The van der Waals surface area contributed by atoms with Gasteiger partial charge in [-0.1, -0.05) is 13.8 Å². The first-order chi connectivity index (χ1) is 8.72. The highest BCUT2D eigenvalue weighted by molar-refractivity contribution is 5.85. The molecule has 0 spiro atoms. The zero-order valence-electron chi connectivity index (χ0n) is 12.3. The van der Waals surface area contributed by atoms with E-state index in [-0.39, 0.29) is 18.3 Å². The molecule has 1 fully saturated rings. The highest BCUT2D eigenvalue weighted by Gasteiger charge is 2.26. The maximum Gasteiger partial charge on any atom is 0.225 e. The Kier molecular flexibility index (Phi) is 10.3. The highest BCUT2D eigenvalue weighted by Crippen LogP contribution is 2.18. The number of hydrogen-bond acceptors (Lipinski definition) is 3. The summed E-state index contributed by atoms with van der Waals surface area (Å²) in [7, 11) is 0. The van der Waals surface area contributed by atoms with Crippen LogP contribution in [0.3, 0.4) is 0 Å². The molecule has 1 amide bonds. The summed E-state index contributed by atoms with van der Waals surface area (Å²) in [5.41, 5.74) is 5.44. The summed E-state index contributed by atoms with van der Waals surface area (Å²) < 4.78 is 5.75. The van der Waals surface area contributed by atoms with Gasteiger partial charge in [0.1, 0.15) is 0 Å². The molecular weight excluding hydrogens is 264 g/mol. The SMILES string of the molecule is CCC(CC)C(=O)N1CCC(OCCCN)CC1.Cl. The molecular formula is C14H29ClN2O2. The lowest BCUT2D eigenvalue weighted by molar-refractivity contribution is -0.138. The molecule has 0 saturated carbocycles. The first-order valence-corrected chi connectivity index (χ1v) is 7.33. The molecule has 114 valence electrons. The van der Waals surface area contributed by atoms with Crippen molar-refractivity contribution in [3.8, 4) is 0 Å². The number of nitrogens with zero attached hydrogens (tertiary/aromatic N) is 1. The Morgan fingerprint density at radius 1 is 1.32 bits per heavy atom. The van der Waals surface area contributed by atoms with E-state index in [0.29, 0.717) is 18.6 Å². The Morgan fingerprint density at radius 3 is 2.37 bits per heavy atom. The molecule has 0 bridgehead atoms. The van der Waals surface area contributed by atoms with Crippen LogP contribution in [0.1, 0.15) is 46.0 Å². The largest absolute Gasteiger partial charge is 0.378 e. The van der Waals surface area contributed by atoms with E-state index in [9.17, 15) is 4.79 Å². The van der Waals surface area contributed by atoms with Crippen LogP contribution in [-0.2, 0) is 9.53 Å². The predicted octanol–water partition coefficient (Wildman–Crippen LogP) is 2.20. The lowest BCUT2D eigenvalue weighted by Crippen LogP contribution is -2.43. The third-order valence-electron chi connectivity index (χ3n) is 3.79. The molecule has 1 heterocycles. The first kappa shape index (κ1) is 18.7. The number of ether oxygens (including phenoxy) is 1. The van der Waals surface area contributed by atoms with Gasteiger partial charge in [0.05, 0.1) is 6.10 Å². The van der Waals surface area contributed by atoms with Crippen molar-refractivity contribution in [3.63, 3.8) is 0 Å². The Bertz CT molecular complexity index is 240. The van der Waals surface area contributed by atoms with E-state index in [4.69, 9.17) is 10.5 Å². The zero-order valence-corrected chi connectivity index (χ0v) is 13.1. The van der Waals surface area contributed by atoms with E-state index in [0.717, 1.165) is 51.8 Å². The van der Waals surface area contributed by atoms with Gasteiger partial charge in [0.2, 0.25) is 5.91 Å². The minimum Gasteiger partial charge on any atom is -0.378 e. The molecule has 1 rings (SSSR count). The maximum absolute atomic E-state index is 12.2. The molecule has 0 aromatic rings. The molecule has 19 heavy (non-hydrogen) atoms. The van der Waals surface area contributed by atoms with Crippen molar-refractivity contribution >= 4 is 18.3 Å². The standard InChI is InChI=1S/C14H28N2O2.ClH/c1-3-12(4-2)14(17)16-9-6-13(7-10-16)18-11-5-8-15;/h12-13H,3-11,15H2,1-2H3;1H. The van der Waals surface area contributed by atoms with Crippen LogP contribution in [0.25, 0.3) is 0 Å². The Hall–Kier alpha value is -0.320. The number of likely N-dealkylation sites (tertiary alicyclic amines) is 1. The van der Waals surface area contributed by atoms with Gasteiger partial charge in [0.25, 0.3) is 0 Å². The maximum atomic E-state index is 12.2. The molecule has 2 N–H and O–H groups in total. The van der Waals surface area contributed by atoms with Crippen LogP contribution >= 0.6 is 12.4 Å². The summed E-state index contributed by atoms with van der Waals surface area (Å²) in [4.78, 5) is 14.2. The summed E-state index contributed by atoms with van der Waals surface area (Å²) >= 11 is 0. The van der Waals surface area contributed by atoms with E-state index in [1.807, 2.05) is 4.90 Å². The van der Waals surface area contributed by atoms with Crippen LogP contribution in [0.2, 0.25) is 0 Å². The summed E-state index contributed by atoms with van der Waals surface area (Å²) in [5.74, 6) is 0.542. The average Bonchev–Trinajstić information content (AvgIpc) is 2.41. The lowest BCUT2D eigenvalue weighted by Gasteiger charge is -2.34. The second-order valence-corrected chi connectivity index (χ2v) is 5.05. The van der Waals surface area contributed by atoms with Crippen LogP contribution in [0, 0.1) is 5.92 Å². The summed E-state index contributed by atoms with van der Waals surface area (Å²) in [5, 5.41) is 0. The summed E-state index contributed by atoms with van der Waals surface area (Å²) in [6.45, 7) is 7.32. The normalized spacial score (nSPS) is 16.5. The van der Waals surface area contributed by atoms with Gasteiger partial charge in [-0.15, -0.1) is 12.4 Å². The molecule has 4 nitrogen and oxygen atoms in total. The Balaban J connectivity index is 0.00000324. The van der Waals surface area contributed by atoms with E-state index in [2.05, 4.69) is 13.8 Å². The molecule has 0 aliphatic carbocycles. The Morgan fingerprint density at radius 2 is 1.89 bits per heavy atom. The van der Waals surface area contributed by atoms with Crippen molar-refractivity contribution in [1.82, 2.24) is 4.90 Å². The van der Waals surface area contributed by atoms with Crippen LogP contribution in [0.15, 0.2) is 0 Å². The first-order valence-electron chi connectivity index (χ1n) is 7.33. The van der Waals surface area contributed by atoms with Crippen LogP contribution < -0.4 is 5.73 Å². The van der Waals surface area contributed by atoms with Crippen molar-refractivity contribution in [2.75, 3.05) is 26.2 Å². The average molecular weight is 293 g/mol. The van der Waals surface area contributed by atoms with Crippen molar-refractivity contribution in [1.29, 1.82) is 0 Å². The van der Waals surface area contributed by atoms with Gasteiger partial charge in [-0.25, -0.2) is 0 Å². The lowest BCUT2D eigenvalue weighted by atomic mass is 9.99. The van der Waals surface area contributed by atoms with Crippen LogP contribution in [0.4, 0.5) is 0 Å².